The maximum Gasteiger partial charge on any atom is 0.433 e. The van der Waals surface area contributed by atoms with Gasteiger partial charge in [0, 0.05) is 36.6 Å². The quantitative estimate of drug-likeness (QED) is 0.558. The summed E-state index contributed by atoms with van der Waals surface area (Å²) in [6.45, 7) is 4.62. The minimum absolute atomic E-state index is 0.169. The van der Waals surface area contributed by atoms with Crippen LogP contribution in [0.4, 0.5) is 13.2 Å². The molecule has 5 nitrogen and oxygen atoms in total. The number of aromatic nitrogens is 2. The molecule has 4 rings (SSSR count). The second-order valence-electron chi connectivity index (χ2n) is 8.33. The van der Waals surface area contributed by atoms with Crippen LogP contribution in [0.1, 0.15) is 57.8 Å². The van der Waals surface area contributed by atoms with E-state index in [1.54, 1.807) is 36.1 Å². The summed E-state index contributed by atoms with van der Waals surface area (Å²) in [5.41, 5.74) is 1.83. The number of hydrogen-bond donors (Lipinski definition) is 1. The first-order valence-electron chi connectivity index (χ1n) is 10.8. The van der Waals surface area contributed by atoms with Gasteiger partial charge in [0.25, 0.3) is 5.91 Å². The number of benzene rings is 2. The smallest absolute Gasteiger partial charge is 0.338 e. The molecule has 3 aromatic rings. The highest BCUT2D eigenvalue weighted by molar-refractivity contribution is 5.96. The van der Waals surface area contributed by atoms with E-state index < -0.39 is 11.9 Å². The number of aromatic amines is 1. The Kier molecular flexibility index (Phi) is 5.98. The summed E-state index contributed by atoms with van der Waals surface area (Å²) in [6, 6.07) is 14.2. The highest BCUT2D eigenvalue weighted by Crippen LogP contribution is 2.37. The second-order valence-corrected chi connectivity index (χ2v) is 8.33. The third kappa shape index (κ3) is 4.49. The average molecular weight is 452 g/mol. The molecule has 1 amide bonds. The summed E-state index contributed by atoms with van der Waals surface area (Å²) in [6.07, 6.45) is -3.51. The van der Waals surface area contributed by atoms with Gasteiger partial charge in [-0.05, 0) is 48.7 Å². The maximum absolute atomic E-state index is 13.7. The molecular weight excluding hydrogens is 429 g/mol. The van der Waals surface area contributed by atoms with Crippen molar-refractivity contribution in [3.05, 3.63) is 76.2 Å². The predicted octanol–water partition coefficient (Wildman–Crippen LogP) is 5.47. The van der Waals surface area contributed by atoms with Gasteiger partial charge in [0.1, 0.15) is 17.2 Å². The topological polar surface area (TPSA) is 72.8 Å². The van der Waals surface area contributed by atoms with Gasteiger partial charge in [-0.25, -0.2) is 4.98 Å². The second kappa shape index (κ2) is 8.74. The van der Waals surface area contributed by atoms with E-state index in [2.05, 4.69) is 16.0 Å². The van der Waals surface area contributed by atoms with Gasteiger partial charge in [0.2, 0.25) is 0 Å². The summed E-state index contributed by atoms with van der Waals surface area (Å²) in [5.74, 6) is 0.231. The molecule has 170 valence electrons. The predicted molar refractivity (Wildman–Crippen MR) is 118 cm³/mol. The van der Waals surface area contributed by atoms with Crippen molar-refractivity contribution in [3.63, 3.8) is 0 Å². The van der Waals surface area contributed by atoms with Gasteiger partial charge in [-0.3, -0.25) is 4.79 Å². The number of nitrogens with one attached hydrogen (secondary N) is 1. The van der Waals surface area contributed by atoms with E-state index in [1.807, 2.05) is 19.1 Å². The Morgan fingerprint density at radius 1 is 1.21 bits per heavy atom. The molecule has 0 saturated carbocycles. The van der Waals surface area contributed by atoms with E-state index >= 15 is 0 Å². The maximum atomic E-state index is 13.7. The molecule has 2 heterocycles. The van der Waals surface area contributed by atoms with Crippen LogP contribution in [0, 0.1) is 18.3 Å². The first-order valence-corrected chi connectivity index (χ1v) is 10.8. The molecule has 1 aliphatic heterocycles. The molecular formula is C25H23F3N4O. The van der Waals surface area contributed by atoms with Crippen molar-refractivity contribution in [2.45, 2.75) is 38.8 Å². The molecule has 0 unspecified atom stereocenters. The fourth-order valence-electron chi connectivity index (χ4n) is 4.06. The van der Waals surface area contributed by atoms with Crippen LogP contribution in [-0.2, 0) is 12.6 Å². The van der Waals surface area contributed by atoms with Crippen LogP contribution in [0.3, 0.4) is 0 Å². The Labute approximate surface area is 189 Å². The third-order valence-corrected chi connectivity index (χ3v) is 5.94. The largest absolute Gasteiger partial charge is 0.433 e. The molecule has 2 aromatic carbocycles. The van der Waals surface area contributed by atoms with Crippen LogP contribution >= 0.6 is 0 Å². The molecule has 8 heteroatoms. The molecule has 0 atom stereocenters. The number of aryl methyl sites for hydroxylation is 2. The zero-order valence-corrected chi connectivity index (χ0v) is 18.3. The minimum Gasteiger partial charge on any atom is -0.338 e. The van der Waals surface area contributed by atoms with E-state index in [4.69, 9.17) is 5.26 Å². The number of amides is 1. The van der Waals surface area contributed by atoms with E-state index in [0.717, 1.165) is 5.56 Å². The molecule has 1 aromatic heterocycles. The van der Waals surface area contributed by atoms with Crippen LogP contribution in [-0.4, -0.2) is 33.9 Å². The third-order valence-electron chi connectivity index (χ3n) is 5.94. The number of alkyl halides is 3. The molecule has 1 saturated heterocycles. The Morgan fingerprint density at radius 3 is 2.52 bits per heavy atom. The average Bonchev–Trinajstić information content (AvgIpc) is 3.18. The molecule has 0 bridgehead atoms. The van der Waals surface area contributed by atoms with Gasteiger partial charge in [-0.1, -0.05) is 25.1 Å². The van der Waals surface area contributed by atoms with Gasteiger partial charge < -0.3 is 9.88 Å². The van der Waals surface area contributed by atoms with Crippen LogP contribution in [0.15, 0.2) is 42.5 Å². The van der Waals surface area contributed by atoms with Gasteiger partial charge >= 0.3 is 6.18 Å². The van der Waals surface area contributed by atoms with Crippen molar-refractivity contribution in [2.75, 3.05) is 13.1 Å². The Balaban J connectivity index is 1.57. The van der Waals surface area contributed by atoms with Gasteiger partial charge in [-0.15, -0.1) is 0 Å². The molecule has 1 fully saturated rings. The first kappa shape index (κ1) is 22.6. The Hall–Kier alpha value is -3.60. The fourth-order valence-corrected chi connectivity index (χ4v) is 4.06. The van der Waals surface area contributed by atoms with Crippen molar-refractivity contribution in [1.82, 2.24) is 14.9 Å². The van der Waals surface area contributed by atoms with Gasteiger partial charge in [-0.2, -0.15) is 18.4 Å². The fraction of sp³-hybridized carbons (Fsp3) is 0.320. The summed E-state index contributed by atoms with van der Waals surface area (Å²) in [5, 5.41) is 8.92. The zero-order valence-electron chi connectivity index (χ0n) is 18.3. The monoisotopic (exact) mass is 452 g/mol. The summed E-state index contributed by atoms with van der Waals surface area (Å²) >= 11 is 0. The Bertz CT molecular complexity index is 1220. The number of hydrogen-bond acceptors (Lipinski definition) is 3. The number of nitriles is 1. The number of carbonyl (C=O) groups excluding carboxylic acids is 1. The summed E-state index contributed by atoms with van der Waals surface area (Å²) in [4.78, 5) is 21.3. The van der Waals surface area contributed by atoms with Crippen LogP contribution in [0.2, 0.25) is 0 Å². The lowest BCUT2D eigenvalue weighted by Crippen LogP contribution is -2.48. The molecule has 33 heavy (non-hydrogen) atoms. The molecule has 1 aliphatic rings. The summed E-state index contributed by atoms with van der Waals surface area (Å²) < 4.78 is 41.0. The molecule has 0 spiro atoms. The molecule has 0 aliphatic carbocycles. The molecule has 1 N–H and O–H groups in total. The Morgan fingerprint density at radius 2 is 1.91 bits per heavy atom. The van der Waals surface area contributed by atoms with Crippen molar-refractivity contribution in [2.24, 2.45) is 0 Å². The number of carbonyl (C=O) groups is 1. The minimum atomic E-state index is -4.58. The number of rotatable bonds is 5. The summed E-state index contributed by atoms with van der Waals surface area (Å²) in [7, 11) is 0. The van der Waals surface area contributed by atoms with E-state index in [0.29, 0.717) is 48.2 Å². The standard InChI is InChI=1S/C25H23F3N4O/c1-3-4-21-30-22(23(31-21)25(26,27)28)20-11-18(8-5-15(20)2)24(33)32-13-19(14-32)17-9-6-16(12-29)7-10-17/h5-11,19H,3-4,13-14H2,1-2H3,(H,30,31). The van der Waals surface area contributed by atoms with Crippen LogP contribution in [0.25, 0.3) is 11.3 Å². The lowest BCUT2D eigenvalue weighted by Gasteiger charge is -2.39. The number of imidazole rings is 1. The van der Waals surface area contributed by atoms with Crippen molar-refractivity contribution < 1.29 is 18.0 Å². The highest BCUT2D eigenvalue weighted by Gasteiger charge is 2.38. The lowest BCUT2D eigenvalue weighted by molar-refractivity contribution is -0.140. The number of nitrogens with zero attached hydrogens (tertiary/aromatic N) is 3. The molecule has 0 radical (unpaired) electrons. The highest BCUT2D eigenvalue weighted by atomic mass is 19.4. The number of likely N-dealkylation sites (tertiary alicyclic amines) is 1. The SMILES string of the molecule is CCCc1nc(-c2cc(C(=O)N3CC(c4ccc(C#N)cc4)C3)ccc2C)c(C(F)(F)F)[nH]1. The van der Waals surface area contributed by atoms with Crippen LogP contribution in [0.5, 0.6) is 0 Å². The van der Waals surface area contributed by atoms with Crippen molar-refractivity contribution >= 4 is 5.91 Å². The number of H-pyrrole nitrogens is 1. The zero-order chi connectivity index (χ0) is 23.8. The first-order chi connectivity index (χ1) is 15.7. The van der Waals surface area contributed by atoms with Crippen LogP contribution < -0.4 is 0 Å². The van der Waals surface area contributed by atoms with Crippen molar-refractivity contribution in [1.29, 1.82) is 5.26 Å². The number of halogens is 3. The normalized spacial score (nSPS) is 14.1. The van der Waals surface area contributed by atoms with E-state index in [9.17, 15) is 18.0 Å². The van der Waals surface area contributed by atoms with Gasteiger partial charge in [0.05, 0.1) is 11.6 Å². The van der Waals surface area contributed by atoms with E-state index in [1.165, 1.54) is 6.07 Å². The van der Waals surface area contributed by atoms with Crippen molar-refractivity contribution in [3.8, 4) is 17.3 Å². The van der Waals surface area contributed by atoms with E-state index in [-0.39, 0.29) is 23.3 Å². The van der Waals surface area contributed by atoms with Gasteiger partial charge in [0.15, 0.2) is 0 Å². The lowest BCUT2D eigenvalue weighted by atomic mass is 9.90.